The second-order valence-corrected chi connectivity index (χ2v) is 5.71. The van der Waals surface area contributed by atoms with Crippen LogP contribution in [-0.4, -0.2) is 24.8 Å². The van der Waals surface area contributed by atoms with Gasteiger partial charge in [-0.1, -0.05) is 17.7 Å². The number of hydrogen-bond donors (Lipinski definition) is 1. The Morgan fingerprint density at radius 3 is 2.50 bits per heavy atom. The fourth-order valence-corrected chi connectivity index (χ4v) is 3.36. The Balaban J connectivity index is 2.20. The number of aliphatic hydroxyl groups is 1. The molecule has 1 unspecified atom stereocenters. The van der Waals surface area contributed by atoms with Crippen LogP contribution in [-0.2, 0) is 0 Å². The van der Waals surface area contributed by atoms with Crippen molar-refractivity contribution >= 4 is 5.69 Å². The third-order valence-electron chi connectivity index (χ3n) is 4.01. The van der Waals surface area contributed by atoms with Crippen molar-refractivity contribution in [3.05, 3.63) is 28.8 Å². The largest absolute Gasteiger partial charge is 0.396 e. The third-order valence-corrected chi connectivity index (χ3v) is 4.01. The molecule has 1 aliphatic rings. The lowest BCUT2D eigenvalue weighted by molar-refractivity contribution is 0.244. The lowest BCUT2D eigenvalue weighted by Gasteiger charge is -2.36. The molecule has 1 N–H and O–H groups in total. The quantitative estimate of drug-likeness (QED) is 0.886. The third kappa shape index (κ3) is 2.86. The highest BCUT2D eigenvalue weighted by molar-refractivity contribution is 5.60. The van der Waals surface area contributed by atoms with Gasteiger partial charge in [0.05, 0.1) is 0 Å². The number of benzene rings is 1. The van der Waals surface area contributed by atoms with Crippen LogP contribution in [0.25, 0.3) is 0 Å². The van der Waals surface area contributed by atoms with Gasteiger partial charge in [-0.05, 0) is 57.1 Å². The van der Waals surface area contributed by atoms with Crippen LogP contribution in [0.2, 0.25) is 0 Å². The summed E-state index contributed by atoms with van der Waals surface area (Å²) in [7, 11) is 0. The smallest absolute Gasteiger partial charge is 0.0434 e. The van der Waals surface area contributed by atoms with E-state index < -0.39 is 0 Å². The number of piperidine rings is 1. The highest BCUT2D eigenvalue weighted by Gasteiger charge is 2.21. The lowest BCUT2D eigenvalue weighted by Crippen LogP contribution is -2.36. The van der Waals surface area contributed by atoms with Gasteiger partial charge in [-0.3, -0.25) is 0 Å². The maximum absolute atomic E-state index is 9.10. The highest BCUT2D eigenvalue weighted by Crippen LogP contribution is 2.31. The average molecular weight is 247 g/mol. The zero-order chi connectivity index (χ0) is 13.1. The molecule has 1 aromatic carbocycles. The molecular weight excluding hydrogens is 222 g/mol. The number of anilines is 1. The number of nitrogens with zero attached hydrogens (tertiary/aromatic N) is 1. The van der Waals surface area contributed by atoms with Crippen molar-refractivity contribution in [1.29, 1.82) is 0 Å². The van der Waals surface area contributed by atoms with E-state index in [0.29, 0.717) is 12.5 Å². The van der Waals surface area contributed by atoms with Gasteiger partial charge < -0.3 is 10.0 Å². The van der Waals surface area contributed by atoms with Crippen molar-refractivity contribution in [2.75, 3.05) is 24.6 Å². The Morgan fingerprint density at radius 1 is 1.22 bits per heavy atom. The van der Waals surface area contributed by atoms with Crippen LogP contribution in [0, 0.1) is 26.7 Å². The number of aliphatic hydroxyl groups excluding tert-OH is 1. The zero-order valence-electron chi connectivity index (χ0n) is 11.9. The van der Waals surface area contributed by atoms with Crippen molar-refractivity contribution in [2.45, 2.75) is 40.0 Å². The van der Waals surface area contributed by atoms with Gasteiger partial charge in [0.1, 0.15) is 0 Å². The van der Waals surface area contributed by atoms with Crippen LogP contribution in [0.3, 0.4) is 0 Å². The maximum atomic E-state index is 9.10. The summed E-state index contributed by atoms with van der Waals surface area (Å²) >= 11 is 0. The number of hydrogen-bond acceptors (Lipinski definition) is 2. The molecular formula is C16H25NO. The second-order valence-electron chi connectivity index (χ2n) is 5.71. The molecule has 1 aromatic rings. The number of aryl methyl sites for hydroxylation is 3. The van der Waals surface area contributed by atoms with Gasteiger partial charge in [-0.2, -0.15) is 0 Å². The summed E-state index contributed by atoms with van der Waals surface area (Å²) in [6.45, 7) is 9.17. The maximum Gasteiger partial charge on any atom is 0.0434 e. The molecule has 2 nitrogen and oxygen atoms in total. The predicted molar refractivity (Wildman–Crippen MR) is 77.3 cm³/mol. The van der Waals surface area contributed by atoms with Crippen LogP contribution in [0.1, 0.15) is 36.0 Å². The molecule has 0 aromatic heterocycles. The van der Waals surface area contributed by atoms with Gasteiger partial charge in [0.25, 0.3) is 0 Å². The highest BCUT2D eigenvalue weighted by atomic mass is 16.3. The first-order chi connectivity index (χ1) is 8.61. The Hall–Kier alpha value is -1.02. The molecule has 1 heterocycles. The molecule has 0 saturated carbocycles. The molecule has 1 atom stereocenters. The minimum Gasteiger partial charge on any atom is -0.396 e. The molecule has 0 spiro atoms. The molecule has 100 valence electrons. The Labute approximate surface area is 111 Å². The average Bonchev–Trinajstić information content (AvgIpc) is 2.28. The summed E-state index contributed by atoms with van der Waals surface area (Å²) in [4.78, 5) is 2.52. The first-order valence-corrected chi connectivity index (χ1v) is 7.05. The van der Waals surface area contributed by atoms with E-state index in [1.807, 2.05) is 0 Å². The molecule has 1 saturated heterocycles. The van der Waals surface area contributed by atoms with Crippen molar-refractivity contribution < 1.29 is 5.11 Å². The normalized spacial score (nSPS) is 20.2. The van der Waals surface area contributed by atoms with Crippen molar-refractivity contribution in [3.8, 4) is 0 Å². The minimum atomic E-state index is 0.324. The van der Waals surface area contributed by atoms with Crippen LogP contribution in [0.15, 0.2) is 12.1 Å². The summed E-state index contributed by atoms with van der Waals surface area (Å²) in [6.07, 6.45) is 3.46. The van der Waals surface area contributed by atoms with Gasteiger partial charge in [0, 0.05) is 25.4 Å². The number of rotatable bonds is 3. The van der Waals surface area contributed by atoms with E-state index in [2.05, 4.69) is 37.8 Å². The van der Waals surface area contributed by atoms with Gasteiger partial charge in [0.15, 0.2) is 0 Å². The first kappa shape index (κ1) is 13.4. The Bertz CT molecular complexity index is 389. The molecule has 1 fully saturated rings. The Morgan fingerprint density at radius 2 is 1.89 bits per heavy atom. The summed E-state index contributed by atoms with van der Waals surface area (Å²) in [5.74, 6) is 0.656. The standard InChI is InChI=1S/C16H25NO/c1-12-9-13(2)16(14(3)10-12)17-7-4-5-15(11-17)6-8-18/h9-10,15,18H,4-8,11H2,1-3H3. The van der Waals surface area contributed by atoms with E-state index in [0.717, 1.165) is 19.5 Å². The SMILES string of the molecule is Cc1cc(C)c(N2CCCC(CCO)C2)c(C)c1. The molecule has 0 bridgehead atoms. The lowest BCUT2D eigenvalue weighted by atomic mass is 9.93. The van der Waals surface area contributed by atoms with Crippen LogP contribution in [0.5, 0.6) is 0 Å². The van der Waals surface area contributed by atoms with Crippen molar-refractivity contribution in [2.24, 2.45) is 5.92 Å². The monoisotopic (exact) mass is 247 g/mol. The summed E-state index contributed by atoms with van der Waals surface area (Å²) < 4.78 is 0. The van der Waals surface area contributed by atoms with E-state index in [9.17, 15) is 0 Å². The zero-order valence-corrected chi connectivity index (χ0v) is 11.9. The first-order valence-electron chi connectivity index (χ1n) is 7.05. The fraction of sp³-hybridized carbons (Fsp3) is 0.625. The molecule has 2 rings (SSSR count). The van der Waals surface area contributed by atoms with E-state index >= 15 is 0 Å². The van der Waals surface area contributed by atoms with E-state index in [-0.39, 0.29) is 0 Å². The van der Waals surface area contributed by atoms with E-state index in [4.69, 9.17) is 5.11 Å². The second kappa shape index (κ2) is 5.75. The van der Waals surface area contributed by atoms with E-state index in [1.165, 1.54) is 35.2 Å². The minimum absolute atomic E-state index is 0.324. The van der Waals surface area contributed by atoms with Crippen molar-refractivity contribution in [1.82, 2.24) is 0 Å². The van der Waals surface area contributed by atoms with Gasteiger partial charge >= 0.3 is 0 Å². The topological polar surface area (TPSA) is 23.5 Å². The molecule has 2 heteroatoms. The summed E-state index contributed by atoms with van der Waals surface area (Å²) in [5.41, 5.74) is 5.54. The predicted octanol–water partition coefficient (Wildman–Crippen LogP) is 3.21. The molecule has 0 aliphatic carbocycles. The van der Waals surface area contributed by atoms with E-state index in [1.54, 1.807) is 0 Å². The molecule has 18 heavy (non-hydrogen) atoms. The molecule has 0 radical (unpaired) electrons. The van der Waals surface area contributed by atoms with Crippen LogP contribution >= 0.6 is 0 Å². The van der Waals surface area contributed by atoms with Gasteiger partial charge in [-0.25, -0.2) is 0 Å². The summed E-state index contributed by atoms with van der Waals surface area (Å²) in [5, 5.41) is 9.10. The van der Waals surface area contributed by atoms with Crippen molar-refractivity contribution in [3.63, 3.8) is 0 Å². The Kier molecular flexibility index (Phi) is 4.28. The van der Waals surface area contributed by atoms with Crippen LogP contribution < -0.4 is 4.90 Å². The van der Waals surface area contributed by atoms with Gasteiger partial charge in [-0.15, -0.1) is 0 Å². The fourth-order valence-electron chi connectivity index (χ4n) is 3.36. The molecule has 1 aliphatic heterocycles. The van der Waals surface area contributed by atoms with Crippen LogP contribution in [0.4, 0.5) is 5.69 Å². The molecule has 0 amide bonds. The van der Waals surface area contributed by atoms with Gasteiger partial charge in [0.2, 0.25) is 0 Å². The summed E-state index contributed by atoms with van der Waals surface area (Å²) in [6, 6.07) is 4.55.